The van der Waals surface area contributed by atoms with E-state index in [0.29, 0.717) is 28.1 Å². The summed E-state index contributed by atoms with van der Waals surface area (Å²) >= 11 is 0. The van der Waals surface area contributed by atoms with Crippen LogP contribution >= 0.6 is 0 Å². The summed E-state index contributed by atoms with van der Waals surface area (Å²) in [4.78, 5) is 8.94. The average molecular weight is 320 g/mol. The van der Waals surface area contributed by atoms with Crippen LogP contribution in [0.15, 0.2) is 47.0 Å². The van der Waals surface area contributed by atoms with E-state index < -0.39 is 12.7 Å². The summed E-state index contributed by atoms with van der Waals surface area (Å²) < 4.78 is 37.4. The van der Waals surface area contributed by atoms with E-state index >= 15 is 0 Å². The molecule has 0 spiro atoms. The lowest BCUT2D eigenvalue weighted by molar-refractivity contribution is 0.653. The van der Waals surface area contributed by atoms with Crippen molar-refractivity contribution in [1.82, 2.24) is 9.97 Å². The van der Waals surface area contributed by atoms with E-state index in [0.717, 1.165) is 22.0 Å². The van der Waals surface area contributed by atoms with E-state index in [1.807, 2.05) is 50.2 Å². The van der Waals surface area contributed by atoms with Crippen molar-refractivity contribution < 1.29 is 9.90 Å². The number of aryl methyl sites for hydroxylation is 2. The van der Waals surface area contributed by atoms with Crippen LogP contribution in [-0.2, 0) is 0 Å². The van der Waals surface area contributed by atoms with Crippen molar-refractivity contribution in [2.45, 2.75) is 33.5 Å². The molecule has 0 radical (unpaired) electrons. The fourth-order valence-corrected chi connectivity index (χ4v) is 3.07. The second-order valence-electron chi connectivity index (χ2n) is 6.10. The lowest BCUT2D eigenvalue weighted by Crippen LogP contribution is -1.95. The lowest BCUT2D eigenvalue weighted by Gasteiger charge is -2.11. The van der Waals surface area contributed by atoms with Crippen molar-refractivity contribution in [3.05, 3.63) is 59.4 Å². The minimum absolute atomic E-state index is 0.394. The van der Waals surface area contributed by atoms with E-state index in [-0.39, 0.29) is 0 Å². The van der Waals surface area contributed by atoms with Gasteiger partial charge in [0.25, 0.3) is 0 Å². The molecule has 3 heterocycles. The molecule has 1 aromatic carbocycles. The number of furan rings is 1. The Hall–Kier alpha value is -2.68. The van der Waals surface area contributed by atoms with Crippen LogP contribution < -0.4 is 0 Å². The van der Waals surface area contributed by atoms with Gasteiger partial charge in [-0.2, -0.15) is 0 Å². The number of aromatic nitrogens is 2. The van der Waals surface area contributed by atoms with Gasteiger partial charge >= 0.3 is 0 Å². The van der Waals surface area contributed by atoms with Crippen molar-refractivity contribution >= 4 is 22.1 Å². The second kappa shape index (κ2) is 5.45. The number of hydrogen-bond acceptors (Lipinski definition) is 3. The number of para-hydroxylation sites is 1. The lowest BCUT2D eigenvalue weighted by atomic mass is 9.98. The first-order valence-electron chi connectivity index (χ1n) is 9.86. The number of nitrogens with zero attached hydrogens (tertiary/aromatic N) is 2. The molecule has 0 amide bonds. The number of pyridine rings is 2. The highest BCUT2D eigenvalue weighted by Gasteiger charge is 2.15. The molecule has 0 aliphatic rings. The first-order chi connectivity index (χ1) is 13.1. The fraction of sp³-hybridized carbons (Fsp3) is 0.238. The maximum atomic E-state index is 8.33. The fourth-order valence-electron chi connectivity index (χ4n) is 3.07. The van der Waals surface area contributed by atoms with Crippen LogP contribution in [0.5, 0.6) is 0 Å². The molecular weight excluding hydrogens is 296 g/mol. The molecule has 3 aromatic heterocycles. The molecule has 24 heavy (non-hydrogen) atoms. The van der Waals surface area contributed by atoms with Crippen LogP contribution in [0.2, 0.25) is 0 Å². The van der Waals surface area contributed by atoms with Gasteiger partial charge in [-0.15, -0.1) is 0 Å². The van der Waals surface area contributed by atoms with Crippen molar-refractivity contribution in [3.63, 3.8) is 0 Å². The van der Waals surface area contributed by atoms with E-state index in [4.69, 9.17) is 9.90 Å². The van der Waals surface area contributed by atoms with E-state index in [1.165, 1.54) is 13.1 Å². The molecule has 4 aromatic rings. The van der Waals surface area contributed by atoms with Crippen molar-refractivity contribution in [2.75, 3.05) is 0 Å². The molecular formula is C21H20N2O. The summed E-state index contributed by atoms with van der Waals surface area (Å²) in [6.07, 6.45) is 1.49. The highest BCUT2D eigenvalue weighted by Crippen LogP contribution is 2.35. The number of benzene rings is 1. The van der Waals surface area contributed by atoms with Gasteiger partial charge in [0, 0.05) is 33.7 Å². The zero-order valence-electron chi connectivity index (χ0n) is 17.8. The summed E-state index contributed by atoms with van der Waals surface area (Å²) in [6.45, 7) is 2.68. The molecule has 0 saturated carbocycles. The van der Waals surface area contributed by atoms with Crippen molar-refractivity contribution in [1.29, 1.82) is 0 Å². The van der Waals surface area contributed by atoms with Crippen LogP contribution in [0.4, 0.5) is 0 Å². The van der Waals surface area contributed by atoms with Gasteiger partial charge in [-0.3, -0.25) is 4.98 Å². The smallest absolute Gasteiger partial charge is 0.227 e. The third-order valence-corrected chi connectivity index (χ3v) is 4.29. The highest BCUT2D eigenvalue weighted by atomic mass is 16.3. The zero-order chi connectivity index (χ0) is 20.3. The normalized spacial score (nSPS) is 17.1. The largest absolute Gasteiger partial charge is 0.437 e. The van der Waals surface area contributed by atoms with Gasteiger partial charge in [-0.1, -0.05) is 25.9 Å². The van der Waals surface area contributed by atoms with Crippen LogP contribution in [0.1, 0.15) is 42.0 Å². The molecule has 0 saturated heterocycles. The standard InChI is InChI=1S/C21H20N2O/c1-12(2)18-11-22-19(10-13(18)3)17-7-5-6-15-16-9-8-14(4)23-21(16)24-20(15)17/h5-12H,1-4H3/i1D3,12D. The molecule has 3 nitrogen and oxygen atoms in total. The Kier molecular flexibility index (Phi) is 2.49. The first kappa shape index (κ1) is 11.0. The molecule has 1 unspecified atom stereocenters. The molecule has 1 atom stereocenters. The number of fused-ring (bicyclic) bond motifs is 3. The van der Waals surface area contributed by atoms with Crippen LogP contribution in [-0.4, -0.2) is 9.97 Å². The van der Waals surface area contributed by atoms with Crippen molar-refractivity contribution in [3.8, 4) is 11.3 Å². The zero-order valence-corrected chi connectivity index (χ0v) is 13.8. The molecule has 0 bridgehead atoms. The summed E-state index contributed by atoms with van der Waals surface area (Å²) in [6, 6.07) is 11.6. The van der Waals surface area contributed by atoms with Gasteiger partial charge in [0.1, 0.15) is 5.58 Å². The SMILES string of the molecule is [2H]C([2H])([2H])C([2H])(C)c1cnc(-c2cccc3c2oc2nc(C)ccc23)cc1C. The summed E-state index contributed by atoms with van der Waals surface area (Å²) in [5, 5.41) is 1.90. The Morgan fingerprint density at radius 3 is 2.83 bits per heavy atom. The van der Waals surface area contributed by atoms with Crippen molar-refractivity contribution in [2.24, 2.45) is 0 Å². The highest BCUT2D eigenvalue weighted by molar-refractivity contribution is 6.08. The summed E-state index contributed by atoms with van der Waals surface area (Å²) in [5.41, 5.74) is 4.74. The molecule has 0 aliphatic heterocycles. The van der Waals surface area contributed by atoms with Gasteiger partial charge in [-0.25, -0.2) is 4.98 Å². The molecule has 0 aliphatic carbocycles. The second-order valence-corrected chi connectivity index (χ2v) is 6.10. The summed E-state index contributed by atoms with van der Waals surface area (Å²) in [5.74, 6) is -1.73. The molecule has 0 N–H and O–H groups in total. The monoisotopic (exact) mass is 320 g/mol. The third kappa shape index (κ3) is 2.28. The minimum Gasteiger partial charge on any atom is -0.437 e. The Morgan fingerprint density at radius 1 is 1.17 bits per heavy atom. The number of hydrogen-bond donors (Lipinski definition) is 0. The van der Waals surface area contributed by atoms with Gasteiger partial charge in [-0.05, 0) is 55.1 Å². The van der Waals surface area contributed by atoms with Crippen LogP contribution in [0, 0.1) is 13.8 Å². The van der Waals surface area contributed by atoms with Crippen LogP contribution in [0.25, 0.3) is 33.3 Å². The van der Waals surface area contributed by atoms with Crippen LogP contribution in [0.3, 0.4) is 0 Å². The molecule has 120 valence electrons. The average Bonchev–Trinajstić information content (AvgIpc) is 2.97. The van der Waals surface area contributed by atoms with Gasteiger partial charge in [0.05, 0.1) is 5.69 Å². The maximum Gasteiger partial charge on any atom is 0.227 e. The Morgan fingerprint density at radius 2 is 2.04 bits per heavy atom. The predicted octanol–water partition coefficient (Wildman–Crippen LogP) is 5.78. The van der Waals surface area contributed by atoms with E-state index in [9.17, 15) is 0 Å². The maximum absolute atomic E-state index is 8.33. The number of rotatable bonds is 2. The topological polar surface area (TPSA) is 38.9 Å². The third-order valence-electron chi connectivity index (χ3n) is 4.29. The first-order valence-corrected chi connectivity index (χ1v) is 7.86. The van der Waals surface area contributed by atoms with Gasteiger partial charge in [0.2, 0.25) is 5.71 Å². The Balaban J connectivity index is 1.89. The molecule has 4 rings (SSSR count). The Labute approximate surface area is 147 Å². The Bertz CT molecular complexity index is 1210. The van der Waals surface area contributed by atoms with Gasteiger partial charge < -0.3 is 4.42 Å². The molecule has 0 fully saturated rings. The predicted molar refractivity (Wildman–Crippen MR) is 98.3 cm³/mol. The minimum atomic E-state index is -2.44. The molecule has 3 heteroatoms. The van der Waals surface area contributed by atoms with E-state index in [2.05, 4.69) is 9.97 Å². The van der Waals surface area contributed by atoms with Gasteiger partial charge in [0.15, 0.2) is 0 Å². The van der Waals surface area contributed by atoms with E-state index in [1.54, 1.807) is 0 Å². The summed E-state index contributed by atoms with van der Waals surface area (Å²) in [7, 11) is 0. The quantitative estimate of drug-likeness (QED) is 0.469.